The van der Waals surface area contributed by atoms with Gasteiger partial charge in [0.15, 0.2) is 11.5 Å². The summed E-state index contributed by atoms with van der Waals surface area (Å²) < 4.78 is 41.2. The molecule has 9 heteroatoms. The average molecular weight is 483 g/mol. The highest BCUT2D eigenvalue weighted by molar-refractivity contribution is 7.87. The summed E-state index contributed by atoms with van der Waals surface area (Å²) >= 11 is 0. The van der Waals surface area contributed by atoms with Crippen molar-refractivity contribution < 1.29 is 26.9 Å². The van der Waals surface area contributed by atoms with Gasteiger partial charge < -0.3 is 13.7 Å². The third-order valence-corrected chi connectivity index (χ3v) is 5.70. The number of amides is 1. The lowest BCUT2D eigenvalue weighted by atomic mass is 10.2. The van der Waals surface area contributed by atoms with Crippen molar-refractivity contribution in [1.82, 2.24) is 5.43 Å². The maximum Gasteiger partial charge on any atom is 0.339 e. The Balaban J connectivity index is 1.66. The Kier molecular flexibility index (Phi) is 8.64. The zero-order valence-corrected chi connectivity index (χ0v) is 19.7. The molecule has 0 aliphatic carbocycles. The highest BCUT2D eigenvalue weighted by Crippen LogP contribution is 2.28. The van der Waals surface area contributed by atoms with Gasteiger partial charge >= 0.3 is 10.1 Å². The first-order chi connectivity index (χ1) is 16.4. The lowest BCUT2D eigenvalue weighted by Crippen LogP contribution is -2.17. The number of ether oxygens (including phenoxy) is 2. The van der Waals surface area contributed by atoms with Crippen molar-refractivity contribution in [2.24, 2.45) is 5.10 Å². The van der Waals surface area contributed by atoms with Crippen LogP contribution in [-0.2, 0) is 10.1 Å². The van der Waals surface area contributed by atoms with E-state index in [1.165, 1.54) is 30.5 Å². The number of nitrogens with zero attached hydrogens (tertiary/aromatic N) is 1. The van der Waals surface area contributed by atoms with E-state index >= 15 is 0 Å². The maximum atomic E-state index is 12.5. The van der Waals surface area contributed by atoms with Gasteiger partial charge in [0.25, 0.3) is 5.91 Å². The van der Waals surface area contributed by atoms with Gasteiger partial charge in [-0.25, -0.2) is 5.43 Å². The molecule has 3 aromatic carbocycles. The molecule has 0 aliphatic rings. The second-order valence-corrected chi connectivity index (χ2v) is 8.61. The monoisotopic (exact) mass is 482 g/mol. The minimum Gasteiger partial charge on any atom is -0.490 e. The van der Waals surface area contributed by atoms with E-state index in [-0.39, 0.29) is 10.6 Å². The number of hydrogen-bond donors (Lipinski definition) is 1. The van der Waals surface area contributed by atoms with Crippen LogP contribution in [0.15, 0.2) is 82.8 Å². The molecule has 8 nitrogen and oxygen atoms in total. The first-order valence-electron chi connectivity index (χ1n) is 10.8. The summed E-state index contributed by atoms with van der Waals surface area (Å²) in [5.41, 5.74) is 3.35. The predicted molar refractivity (Wildman–Crippen MR) is 129 cm³/mol. The van der Waals surface area contributed by atoms with Crippen LogP contribution in [0.4, 0.5) is 0 Å². The molecule has 0 unspecified atom stereocenters. The number of hydrogen-bond acceptors (Lipinski definition) is 7. The zero-order chi connectivity index (χ0) is 24.4. The Morgan fingerprint density at radius 2 is 1.74 bits per heavy atom. The summed E-state index contributed by atoms with van der Waals surface area (Å²) in [7, 11) is -3.95. The van der Waals surface area contributed by atoms with E-state index in [0.717, 1.165) is 6.42 Å². The van der Waals surface area contributed by atoms with Gasteiger partial charge in [0.2, 0.25) is 0 Å². The summed E-state index contributed by atoms with van der Waals surface area (Å²) in [5, 5.41) is 3.96. The lowest BCUT2D eigenvalue weighted by Gasteiger charge is -2.12. The third kappa shape index (κ3) is 6.82. The summed E-state index contributed by atoms with van der Waals surface area (Å²) in [4.78, 5) is 12.6. The van der Waals surface area contributed by atoms with Crippen LogP contribution in [0.3, 0.4) is 0 Å². The molecule has 178 valence electrons. The van der Waals surface area contributed by atoms with Crippen molar-refractivity contribution in [2.45, 2.75) is 25.2 Å². The lowest BCUT2D eigenvalue weighted by molar-refractivity contribution is 0.0954. The van der Waals surface area contributed by atoms with E-state index in [2.05, 4.69) is 10.5 Å². The summed E-state index contributed by atoms with van der Waals surface area (Å²) in [5.74, 6) is 0.754. The molecule has 3 rings (SSSR count). The van der Waals surface area contributed by atoms with Crippen molar-refractivity contribution in [3.8, 4) is 17.2 Å². The van der Waals surface area contributed by atoms with Crippen molar-refractivity contribution in [2.75, 3.05) is 13.2 Å². The summed E-state index contributed by atoms with van der Waals surface area (Å²) in [6.07, 6.45) is 2.25. The van der Waals surface area contributed by atoms with Gasteiger partial charge in [-0.1, -0.05) is 37.3 Å². The Morgan fingerprint density at radius 3 is 2.47 bits per heavy atom. The number of benzene rings is 3. The predicted octanol–water partition coefficient (Wildman–Crippen LogP) is 4.41. The molecular weight excluding hydrogens is 456 g/mol. The van der Waals surface area contributed by atoms with Gasteiger partial charge in [-0.2, -0.15) is 13.5 Å². The highest BCUT2D eigenvalue weighted by atomic mass is 32.2. The topological polar surface area (TPSA) is 103 Å². The molecule has 0 heterocycles. The largest absolute Gasteiger partial charge is 0.490 e. The Bertz CT molecular complexity index is 1240. The molecule has 3 aromatic rings. The molecule has 0 atom stereocenters. The SMILES string of the molecule is CCCOc1ccc(C(=O)N/N=C/c2cccc(OS(=O)(=O)c3ccccc3)c2)cc1OCC. The van der Waals surface area contributed by atoms with Crippen molar-refractivity contribution in [3.05, 3.63) is 83.9 Å². The van der Waals surface area contributed by atoms with Crippen LogP contribution in [-0.4, -0.2) is 33.8 Å². The Hall–Kier alpha value is -3.85. The number of carbonyl (C=O) groups is 1. The standard InChI is InChI=1S/C25H26N2O6S/c1-3-15-32-23-14-13-20(17-24(23)31-4-2)25(28)27-26-18-19-9-8-10-21(16-19)33-34(29,30)22-11-6-5-7-12-22/h5-14,16-18H,3-4,15H2,1-2H3,(H,27,28)/b26-18+. The number of carbonyl (C=O) groups excluding carboxylic acids is 1. The van der Waals surface area contributed by atoms with Crippen LogP contribution in [0.25, 0.3) is 0 Å². The molecule has 0 saturated heterocycles. The van der Waals surface area contributed by atoms with Gasteiger partial charge in [-0.15, -0.1) is 0 Å². The maximum absolute atomic E-state index is 12.5. The fraction of sp³-hybridized carbons (Fsp3) is 0.200. The normalized spacial score (nSPS) is 11.2. The van der Waals surface area contributed by atoms with Crippen LogP contribution < -0.4 is 19.1 Å². The second kappa shape index (κ2) is 11.9. The molecule has 0 fully saturated rings. The molecule has 0 spiro atoms. The van der Waals surface area contributed by atoms with Crippen LogP contribution in [0, 0.1) is 0 Å². The van der Waals surface area contributed by atoms with Crippen molar-refractivity contribution in [1.29, 1.82) is 0 Å². The van der Waals surface area contributed by atoms with Crippen LogP contribution in [0.5, 0.6) is 17.2 Å². The van der Waals surface area contributed by atoms with E-state index < -0.39 is 16.0 Å². The van der Waals surface area contributed by atoms with E-state index in [1.807, 2.05) is 13.8 Å². The summed E-state index contributed by atoms with van der Waals surface area (Å²) in [6, 6.07) is 19.1. The third-order valence-electron chi connectivity index (χ3n) is 4.44. The highest BCUT2D eigenvalue weighted by Gasteiger charge is 2.16. The average Bonchev–Trinajstić information content (AvgIpc) is 2.84. The van der Waals surface area contributed by atoms with Crippen LogP contribution in [0.1, 0.15) is 36.2 Å². The first-order valence-corrected chi connectivity index (χ1v) is 12.2. The Labute approximate surface area is 199 Å². The molecule has 0 aromatic heterocycles. The summed E-state index contributed by atoms with van der Waals surface area (Å²) in [6.45, 7) is 4.84. The van der Waals surface area contributed by atoms with Gasteiger partial charge in [0.05, 0.1) is 19.4 Å². The second-order valence-electron chi connectivity index (χ2n) is 7.07. The number of hydrazone groups is 1. The van der Waals surface area contributed by atoms with E-state index in [4.69, 9.17) is 13.7 Å². The Morgan fingerprint density at radius 1 is 0.941 bits per heavy atom. The van der Waals surface area contributed by atoms with E-state index in [0.29, 0.717) is 35.8 Å². The minimum absolute atomic E-state index is 0.0545. The van der Waals surface area contributed by atoms with Gasteiger partial charge in [-0.05, 0) is 61.4 Å². The smallest absolute Gasteiger partial charge is 0.339 e. The number of nitrogens with one attached hydrogen (secondary N) is 1. The van der Waals surface area contributed by atoms with Crippen LogP contribution >= 0.6 is 0 Å². The molecule has 0 radical (unpaired) electrons. The van der Waals surface area contributed by atoms with Gasteiger partial charge in [0, 0.05) is 5.56 Å². The van der Waals surface area contributed by atoms with Crippen LogP contribution in [0.2, 0.25) is 0 Å². The van der Waals surface area contributed by atoms with E-state index in [9.17, 15) is 13.2 Å². The fourth-order valence-electron chi connectivity index (χ4n) is 2.89. The molecular formula is C25H26N2O6S. The minimum atomic E-state index is -3.95. The van der Waals surface area contributed by atoms with Crippen molar-refractivity contribution in [3.63, 3.8) is 0 Å². The molecule has 34 heavy (non-hydrogen) atoms. The molecule has 1 N–H and O–H groups in total. The number of rotatable bonds is 11. The van der Waals surface area contributed by atoms with Gasteiger partial charge in [0.1, 0.15) is 10.6 Å². The van der Waals surface area contributed by atoms with Gasteiger partial charge in [-0.3, -0.25) is 4.79 Å². The van der Waals surface area contributed by atoms with Crippen molar-refractivity contribution >= 4 is 22.2 Å². The molecule has 0 aliphatic heterocycles. The molecule has 1 amide bonds. The fourth-order valence-corrected chi connectivity index (χ4v) is 3.83. The van der Waals surface area contributed by atoms with E-state index in [1.54, 1.807) is 48.5 Å². The zero-order valence-electron chi connectivity index (χ0n) is 18.9. The quantitative estimate of drug-likeness (QED) is 0.247. The molecule has 0 bridgehead atoms. The molecule has 0 saturated carbocycles. The first kappa shape index (κ1) is 24.8.